The minimum Gasteiger partial charge on any atom is -0.382 e. The van der Waals surface area contributed by atoms with Crippen molar-refractivity contribution >= 4 is 27.9 Å². The van der Waals surface area contributed by atoms with E-state index in [2.05, 4.69) is 19.9 Å². The minimum absolute atomic E-state index is 0.226. The maximum atomic E-state index is 12.0. The van der Waals surface area contributed by atoms with Gasteiger partial charge in [0.05, 0.1) is 17.2 Å². The van der Waals surface area contributed by atoms with Gasteiger partial charge in [0.25, 0.3) is 5.56 Å². The lowest BCUT2D eigenvalue weighted by molar-refractivity contribution is 0.623. The van der Waals surface area contributed by atoms with Gasteiger partial charge in [-0.3, -0.25) is 9.36 Å². The van der Waals surface area contributed by atoms with Crippen LogP contribution in [-0.2, 0) is 6.67 Å². The molecular formula is C15H13N7O. The highest BCUT2D eigenvalue weighted by Gasteiger charge is 2.10. The molecule has 1 aromatic carbocycles. The lowest BCUT2D eigenvalue weighted by Gasteiger charge is -2.12. The van der Waals surface area contributed by atoms with Gasteiger partial charge < -0.3 is 10.3 Å². The van der Waals surface area contributed by atoms with E-state index in [4.69, 9.17) is 5.73 Å². The van der Waals surface area contributed by atoms with E-state index in [1.54, 1.807) is 6.33 Å². The Balaban J connectivity index is 1.90. The van der Waals surface area contributed by atoms with Gasteiger partial charge in [0.2, 0.25) is 0 Å². The van der Waals surface area contributed by atoms with Gasteiger partial charge >= 0.3 is 0 Å². The van der Waals surface area contributed by atoms with E-state index >= 15 is 0 Å². The first-order valence-corrected chi connectivity index (χ1v) is 7.01. The SMILES string of the molecule is Cc1cccc2c1c(=O)ncn2Cn1cnc2c(N)ncnc21. The molecular weight excluding hydrogens is 294 g/mol. The van der Waals surface area contributed by atoms with E-state index in [0.717, 1.165) is 11.1 Å². The van der Waals surface area contributed by atoms with Crippen molar-refractivity contribution in [2.75, 3.05) is 5.73 Å². The average molecular weight is 307 g/mol. The van der Waals surface area contributed by atoms with E-state index < -0.39 is 0 Å². The smallest absolute Gasteiger partial charge is 0.280 e. The van der Waals surface area contributed by atoms with Gasteiger partial charge in [-0.15, -0.1) is 0 Å². The molecule has 114 valence electrons. The predicted octanol–water partition coefficient (Wildman–Crippen LogP) is 0.933. The molecule has 0 fully saturated rings. The molecule has 0 radical (unpaired) electrons. The highest BCUT2D eigenvalue weighted by Crippen LogP contribution is 2.17. The monoisotopic (exact) mass is 307 g/mol. The van der Waals surface area contributed by atoms with Crippen LogP contribution in [0.4, 0.5) is 5.82 Å². The summed E-state index contributed by atoms with van der Waals surface area (Å²) >= 11 is 0. The molecule has 23 heavy (non-hydrogen) atoms. The molecule has 4 rings (SSSR count). The first-order valence-electron chi connectivity index (χ1n) is 7.01. The maximum Gasteiger partial charge on any atom is 0.280 e. The largest absolute Gasteiger partial charge is 0.382 e. The number of aryl methyl sites for hydroxylation is 1. The molecule has 0 aliphatic heterocycles. The average Bonchev–Trinajstić information content (AvgIpc) is 2.95. The standard InChI is InChI=1S/C15H13N7O/c1-9-3-2-4-10-11(9)15(23)20-7-21(10)8-22-6-19-12-13(16)17-5-18-14(12)22/h2-7H,8H2,1H3,(H2,16,17,18). The third-order valence-corrected chi connectivity index (χ3v) is 3.82. The summed E-state index contributed by atoms with van der Waals surface area (Å²) in [6.07, 6.45) is 4.58. The fraction of sp³-hybridized carbons (Fsp3) is 0.133. The number of fused-ring (bicyclic) bond motifs is 2. The summed E-state index contributed by atoms with van der Waals surface area (Å²) in [7, 11) is 0. The molecule has 0 spiro atoms. The van der Waals surface area contributed by atoms with Crippen LogP contribution < -0.4 is 11.3 Å². The van der Waals surface area contributed by atoms with Crippen molar-refractivity contribution in [3.8, 4) is 0 Å². The number of aromatic nitrogens is 6. The zero-order valence-corrected chi connectivity index (χ0v) is 12.3. The normalized spacial score (nSPS) is 11.3. The van der Waals surface area contributed by atoms with Crippen molar-refractivity contribution in [2.45, 2.75) is 13.6 Å². The van der Waals surface area contributed by atoms with Crippen LogP contribution in [0, 0.1) is 6.92 Å². The molecule has 0 unspecified atom stereocenters. The molecule has 0 bridgehead atoms. The van der Waals surface area contributed by atoms with Crippen LogP contribution in [-0.4, -0.2) is 29.1 Å². The summed E-state index contributed by atoms with van der Waals surface area (Å²) in [5.74, 6) is 0.340. The number of rotatable bonds is 2. The van der Waals surface area contributed by atoms with Crippen molar-refractivity contribution in [3.63, 3.8) is 0 Å². The molecule has 0 aliphatic rings. The first-order chi connectivity index (χ1) is 11.1. The Kier molecular flexibility index (Phi) is 2.83. The van der Waals surface area contributed by atoms with Crippen LogP contribution >= 0.6 is 0 Å². The Bertz CT molecular complexity index is 1100. The summed E-state index contributed by atoms with van der Waals surface area (Å²) in [5.41, 5.74) is 8.49. The second-order valence-corrected chi connectivity index (χ2v) is 5.28. The first kappa shape index (κ1) is 13.4. The molecule has 3 aromatic heterocycles. The number of imidazole rings is 1. The lowest BCUT2D eigenvalue weighted by Crippen LogP contribution is -2.16. The Hall–Kier alpha value is -3.29. The zero-order valence-electron chi connectivity index (χ0n) is 12.3. The van der Waals surface area contributed by atoms with E-state index in [1.807, 2.05) is 34.3 Å². The Morgan fingerprint density at radius 2 is 1.91 bits per heavy atom. The number of hydrogen-bond donors (Lipinski definition) is 1. The fourth-order valence-electron chi connectivity index (χ4n) is 2.70. The molecule has 3 heterocycles. The second kappa shape index (κ2) is 4.87. The molecule has 2 N–H and O–H groups in total. The van der Waals surface area contributed by atoms with E-state index in [0.29, 0.717) is 29.0 Å². The zero-order chi connectivity index (χ0) is 16.0. The molecule has 8 heteroatoms. The number of hydrogen-bond acceptors (Lipinski definition) is 6. The molecule has 0 saturated heterocycles. The predicted molar refractivity (Wildman–Crippen MR) is 85.9 cm³/mol. The van der Waals surface area contributed by atoms with Crippen molar-refractivity contribution in [1.82, 2.24) is 29.1 Å². The Morgan fingerprint density at radius 3 is 2.78 bits per heavy atom. The highest BCUT2D eigenvalue weighted by atomic mass is 16.1. The molecule has 0 amide bonds. The summed E-state index contributed by atoms with van der Waals surface area (Å²) < 4.78 is 3.71. The van der Waals surface area contributed by atoms with Crippen LogP contribution in [0.25, 0.3) is 22.1 Å². The molecule has 8 nitrogen and oxygen atoms in total. The van der Waals surface area contributed by atoms with Gasteiger partial charge in [-0.25, -0.2) is 15.0 Å². The topological polar surface area (TPSA) is 105 Å². The van der Waals surface area contributed by atoms with Gasteiger partial charge in [-0.05, 0) is 18.6 Å². The van der Waals surface area contributed by atoms with Gasteiger partial charge in [0.15, 0.2) is 11.5 Å². The second-order valence-electron chi connectivity index (χ2n) is 5.28. The van der Waals surface area contributed by atoms with Gasteiger partial charge in [-0.2, -0.15) is 4.98 Å². The quantitative estimate of drug-likeness (QED) is 0.591. The van der Waals surface area contributed by atoms with E-state index in [-0.39, 0.29) is 5.56 Å². The molecule has 0 saturated carbocycles. The number of anilines is 1. The molecule has 0 atom stereocenters. The number of nitrogen functional groups attached to an aromatic ring is 1. The maximum absolute atomic E-state index is 12.0. The van der Waals surface area contributed by atoms with Crippen molar-refractivity contribution < 1.29 is 0 Å². The van der Waals surface area contributed by atoms with Crippen LogP contribution in [0.15, 0.2) is 42.0 Å². The fourth-order valence-corrected chi connectivity index (χ4v) is 2.70. The van der Waals surface area contributed by atoms with E-state index in [1.165, 1.54) is 12.7 Å². The van der Waals surface area contributed by atoms with Crippen LogP contribution in [0.3, 0.4) is 0 Å². The van der Waals surface area contributed by atoms with Crippen molar-refractivity contribution in [1.29, 1.82) is 0 Å². The molecule has 4 aromatic rings. The van der Waals surface area contributed by atoms with Crippen LogP contribution in [0.5, 0.6) is 0 Å². The van der Waals surface area contributed by atoms with Gasteiger partial charge in [-0.1, -0.05) is 12.1 Å². The van der Waals surface area contributed by atoms with Crippen LogP contribution in [0.1, 0.15) is 5.56 Å². The molecule has 0 aliphatic carbocycles. The highest BCUT2D eigenvalue weighted by molar-refractivity contribution is 5.82. The third-order valence-electron chi connectivity index (χ3n) is 3.82. The summed E-state index contributed by atoms with van der Waals surface area (Å²) in [4.78, 5) is 28.4. The van der Waals surface area contributed by atoms with Crippen molar-refractivity contribution in [2.24, 2.45) is 0 Å². The third kappa shape index (κ3) is 2.03. The summed E-state index contributed by atoms with van der Waals surface area (Å²) in [6.45, 7) is 2.32. The number of benzene rings is 1. The van der Waals surface area contributed by atoms with Crippen molar-refractivity contribution in [3.05, 3.63) is 53.1 Å². The minimum atomic E-state index is -0.226. The number of nitrogens with two attached hydrogens (primary N) is 1. The lowest BCUT2D eigenvalue weighted by atomic mass is 10.1. The summed E-state index contributed by atoms with van der Waals surface area (Å²) in [6, 6.07) is 5.71. The van der Waals surface area contributed by atoms with E-state index in [9.17, 15) is 4.79 Å². The summed E-state index contributed by atoms with van der Waals surface area (Å²) in [5, 5.41) is 0.619. The Labute approximate surface area is 130 Å². The number of nitrogens with zero attached hydrogens (tertiary/aromatic N) is 6. The Morgan fingerprint density at radius 1 is 1.09 bits per heavy atom. The van der Waals surface area contributed by atoms with Crippen LogP contribution in [0.2, 0.25) is 0 Å². The van der Waals surface area contributed by atoms with Gasteiger partial charge in [0, 0.05) is 0 Å². The van der Waals surface area contributed by atoms with Gasteiger partial charge in [0.1, 0.15) is 24.8 Å².